The highest BCUT2D eigenvalue weighted by molar-refractivity contribution is 5.78. The predicted octanol–water partition coefficient (Wildman–Crippen LogP) is 0.121. The molecule has 23 heavy (non-hydrogen) atoms. The normalized spacial score (nSPS) is 14.5. The van der Waals surface area contributed by atoms with Gasteiger partial charge in [-0.1, -0.05) is 0 Å². The highest BCUT2D eigenvalue weighted by Gasteiger charge is 2.21. The minimum Gasteiger partial charge on any atom is -0.342 e. The van der Waals surface area contributed by atoms with E-state index in [9.17, 15) is 14.4 Å². The van der Waals surface area contributed by atoms with Crippen LogP contribution in [0.15, 0.2) is 24.5 Å². The van der Waals surface area contributed by atoms with Crippen molar-refractivity contribution in [1.82, 2.24) is 19.7 Å². The number of carbonyl (C=O) groups is 3. The van der Waals surface area contributed by atoms with Gasteiger partial charge in [0.05, 0.1) is 0 Å². The van der Waals surface area contributed by atoms with Crippen molar-refractivity contribution in [3.8, 4) is 0 Å². The molecule has 7 heteroatoms. The topological polar surface area (TPSA) is 73.8 Å². The van der Waals surface area contributed by atoms with Gasteiger partial charge in [-0.25, -0.2) is 0 Å². The first-order valence-electron chi connectivity index (χ1n) is 7.71. The molecule has 1 aromatic heterocycles. The Bertz CT molecular complexity index is 542. The number of rotatable bonds is 6. The van der Waals surface area contributed by atoms with E-state index in [1.165, 1.54) is 6.92 Å². The number of hydrogen-bond donors (Lipinski definition) is 0. The Balaban J connectivity index is 1.83. The van der Waals surface area contributed by atoms with E-state index < -0.39 is 0 Å². The van der Waals surface area contributed by atoms with Crippen molar-refractivity contribution in [2.24, 2.45) is 0 Å². The molecule has 1 aliphatic rings. The Morgan fingerprint density at radius 2 is 1.87 bits per heavy atom. The third-order valence-corrected chi connectivity index (χ3v) is 3.98. The average Bonchev–Trinajstić information content (AvgIpc) is 2.59. The molecule has 3 amide bonds. The zero-order chi connectivity index (χ0) is 16.7. The maximum Gasteiger partial charge on any atom is 0.224 e. The Morgan fingerprint density at radius 1 is 1.22 bits per heavy atom. The SMILES string of the molecule is CC(=O)N(CCC(=O)N1CCN(C=O)CC1)Cc1ccncc1. The summed E-state index contributed by atoms with van der Waals surface area (Å²) in [5.74, 6) is -0.0306. The molecular weight excluding hydrogens is 296 g/mol. The van der Waals surface area contributed by atoms with Crippen molar-refractivity contribution in [2.45, 2.75) is 19.9 Å². The summed E-state index contributed by atoms with van der Waals surface area (Å²) in [4.78, 5) is 43.7. The number of pyridine rings is 1. The van der Waals surface area contributed by atoms with E-state index in [0.717, 1.165) is 12.0 Å². The lowest BCUT2D eigenvalue weighted by Gasteiger charge is -2.33. The zero-order valence-electron chi connectivity index (χ0n) is 13.4. The first-order valence-corrected chi connectivity index (χ1v) is 7.71. The summed E-state index contributed by atoms with van der Waals surface area (Å²) in [5, 5.41) is 0. The Kier molecular flexibility index (Phi) is 6.08. The first-order chi connectivity index (χ1) is 11.1. The van der Waals surface area contributed by atoms with E-state index in [4.69, 9.17) is 0 Å². The van der Waals surface area contributed by atoms with Gasteiger partial charge in [-0.05, 0) is 17.7 Å². The van der Waals surface area contributed by atoms with E-state index in [1.54, 1.807) is 27.1 Å². The summed E-state index contributed by atoms with van der Waals surface area (Å²) in [7, 11) is 0. The molecular formula is C16H22N4O3. The summed E-state index contributed by atoms with van der Waals surface area (Å²) in [6.07, 6.45) is 4.48. The van der Waals surface area contributed by atoms with E-state index in [1.807, 2.05) is 12.1 Å². The number of carbonyl (C=O) groups excluding carboxylic acids is 3. The van der Waals surface area contributed by atoms with Crippen LogP contribution in [0.1, 0.15) is 18.9 Å². The molecule has 0 N–H and O–H groups in total. The second kappa shape index (κ2) is 8.26. The Labute approximate surface area is 135 Å². The van der Waals surface area contributed by atoms with Crippen molar-refractivity contribution in [3.05, 3.63) is 30.1 Å². The lowest BCUT2D eigenvalue weighted by Crippen LogP contribution is -2.48. The summed E-state index contributed by atoms with van der Waals surface area (Å²) in [6.45, 7) is 4.64. The van der Waals surface area contributed by atoms with Gasteiger partial charge < -0.3 is 14.7 Å². The molecule has 1 aromatic rings. The van der Waals surface area contributed by atoms with Crippen LogP contribution in [0.5, 0.6) is 0 Å². The standard InChI is InChI=1S/C16H22N4O3/c1-14(22)20(12-15-2-5-17-6-3-15)7-4-16(23)19-10-8-18(13-21)9-11-19/h2-3,5-6,13H,4,7-12H2,1H3. The van der Waals surface area contributed by atoms with E-state index >= 15 is 0 Å². The van der Waals surface area contributed by atoms with Crippen LogP contribution in [0, 0.1) is 0 Å². The lowest BCUT2D eigenvalue weighted by molar-refractivity contribution is -0.136. The van der Waals surface area contributed by atoms with Gasteiger partial charge in [0.25, 0.3) is 0 Å². The third kappa shape index (κ3) is 5.05. The second-order valence-electron chi connectivity index (χ2n) is 5.57. The van der Waals surface area contributed by atoms with Crippen molar-refractivity contribution >= 4 is 18.2 Å². The number of nitrogens with zero attached hydrogens (tertiary/aromatic N) is 4. The highest BCUT2D eigenvalue weighted by atomic mass is 16.2. The quantitative estimate of drug-likeness (QED) is 0.698. The van der Waals surface area contributed by atoms with Gasteiger partial charge in [-0.2, -0.15) is 0 Å². The molecule has 0 bridgehead atoms. The van der Waals surface area contributed by atoms with Crippen LogP contribution >= 0.6 is 0 Å². The van der Waals surface area contributed by atoms with E-state index in [0.29, 0.717) is 45.7 Å². The molecule has 1 fully saturated rings. The fraction of sp³-hybridized carbons (Fsp3) is 0.500. The molecule has 1 saturated heterocycles. The van der Waals surface area contributed by atoms with E-state index in [-0.39, 0.29) is 11.8 Å². The van der Waals surface area contributed by atoms with Crippen molar-refractivity contribution < 1.29 is 14.4 Å². The van der Waals surface area contributed by atoms with Crippen molar-refractivity contribution in [1.29, 1.82) is 0 Å². The van der Waals surface area contributed by atoms with E-state index in [2.05, 4.69) is 4.98 Å². The van der Waals surface area contributed by atoms with Crippen LogP contribution < -0.4 is 0 Å². The fourth-order valence-corrected chi connectivity index (χ4v) is 2.52. The summed E-state index contributed by atoms with van der Waals surface area (Å²) >= 11 is 0. The van der Waals surface area contributed by atoms with Gasteiger partial charge in [-0.15, -0.1) is 0 Å². The molecule has 0 unspecified atom stereocenters. The van der Waals surface area contributed by atoms with Gasteiger partial charge in [0.2, 0.25) is 18.2 Å². The third-order valence-electron chi connectivity index (χ3n) is 3.98. The lowest BCUT2D eigenvalue weighted by atomic mass is 10.2. The van der Waals surface area contributed by atoms with Gasteiger partial charge in [0, 0.05) is 65.0 Å². The number of amides is 3. The monoisotopic (exact) mass is 318 g/mol. The average molecular weight is 318 g/mol. The molecule has 0 atom stereocenters. The van der Waals surface area contributed by atoms with Crippen LogP contribution in [-0.2, 0) is 20.9 Å². The van der Waals surface area contributed by atoms with Crippen LogP contribution in [-0.4, -0.2) is 70.6 Å². The van der Waals surface area contributed by atoms with Crippen LogP contribution in [0.3, 0.4) is 0 Å². The van der Waals surface area contributed by atoms with Crippen LogP contribution in [0.4, 0.5) is 0 Å². The summed E-state index contributed by atoms with van der Waals surface area (Å²) < 4.78 is 0. The molecule has 124 valence electrons. The highest BCUT2D eigenvalue weighted by Crippen LogP contribution is 2.07. The van der Waals surface area contributed by atoms with Crippen molar-refractivity contribution in [2.75, 3.05) is 32.7 Å². The number of hydrogen-bond acceptors (Lipinski definition) is 4. The summed E-state index contributed by atoms with van der Waals surface area (Å²) in [5.41, 5.74) is 0.988. The first kappa shape index (κ1) is 16.9. The maximum absolute atomic E-state index is 12.2. The van der Waals surface area contributed by atoms with Crippen molar-refractivity contribution in [3.63, 3.8) is 0 Å². The second-order valence-corrected chi connectivity index (χ2v) is 5.57. The fourth-order valence-electron chi connectivity index (χ4n) is 2.52. The smallest absolute Gasteiger partial charge is 0.224 e. The zero-order valence-corrected chi connectivity index (χ0v) is 13.4. The molecule has 2 heterocycles. The number of aromatic nitrogens is 1. The minimum absolute atomic E-state index is 0.0246. The largest absolute Gasteiger partial charge is 0.342 e. The van der Waals surface area contributed by atoms with Crippen LogP contribution in [0.25, 0.3) is 0 Å². The van der Waals surface area contributed by atoms with Crippen LogP contribution in [0.2, 0.25) is 0 Å². The Morgan fingerprint density at radius 3 is 2.43 bits per heavy atom. The molecule has 1 aliphatic heterocycles. The molecule has 0 radical (unpaired) electrons. The molecule has 0 saturated carbocycles. The van der Waals surface area contributed by atoms with Gasteiger partial charge in [-0.3, -0.25) is 19.4 Å². The molecule has 2 rings (SSSR count). The minimum atomic E-state index is -0.0552. The summed E-state index contributed by atoms with van der Waals surface area (Å²) in [6, 6.07) is 3.72. The van der Waals surface area contributed by atoms with Gasteiger partial charge in [0.15, 0.2) is 0 Å². The Hall–Kier alpha value is -2.44. The molecule has 0 aromatic carbocycles. The predicted molar refractivity (Wildman–Crippen MR) is 84.2 cm³/mol. The van der Waals surface area contributed by atoms with Gasteiger partial charge in [0.1, 0.15) is 0 Å². The molecule has 0 aliphatic carbocycles. The molecule has 7 nitrogen and oxygen atoms in total. The maximum atomic E-state index is 12.2. The number of piperazine rings is 1. The molecule has 0 spiro atoms. The van der Waals surface area contributed by atoms with Gasteiger partial charge >= 0.3 is 0 Å².